The van der Waals surface area contributed by atoms with Crippen LogP contribution in [-0.2, 0) is 29.5 Å². The first-order valence-electron chi connectivity index (χ1n) is 19.4. The van der Waals surface area contributed by atoms with Crippen molar-refractivity contribution < 1.29 is 24.0 Å². The molecule has 0 radical (unpaired) electrons. The fraction of sp³-hybridized carbons (Fsp3) is 0.170. The van der Waals surface area contributed by atoms with Gasteiger partial charge in [0.2, 0.25) is 0 Å². The summed E-state index contributed by atoms with van der Waals surface area (Å²) >= 11 is 5.02. The number of anilines is 1. The summed E-state index contributed by atoms with van der Waals surface area (Å²) < 4.78 is 6.76. The topological polar surface area (TPSA) is 122 Å². The molecule has 302 valence electrons. The number of alkyl halides is 1. The molecule has 0 unspecified atom stereocenters. The lowest BCUT2D eigenvalue weighted by atomic mass is 9.77. The second-order valence-corrected chi connectivity index (χ2v) is 16.6. The van der Waals surface area contributed by atoms with E-state index in [1.165, 1.54) is 28.0 Å². The van der Waals surface area contributed by atoms with E-state index in [-0.39, 0.29) is 23.7 Å². The third-order valence-corrected chi connectivity index (χ3v) is 13.3. The van der Waals surface area contributed by atoms with Crippen LogP contribution in [0.3, 0.4) is 0 Å². The van der Waals surface area contributed by atoms with Crippen LogP contribution in [0.25, 0.3) is 0 Å². The van der Waals surface area contributed by atoms with Gasteiger partial charge >= 0.3 is 5.97 Å². The lowest BCUT2D eigenvalue weighted by molar-refractivity contribution is -0.154. The summed E-state index contributed by atoms with van der Waals surface area (Å²) in [5.41, 5.74) is 4.98. The predicted octanol–water partition coefficient (Wildman–Crippen LogP) is 8.71. The van der Waals surface area contributed by atoms with Gasteiger partial charge in [0.1, 0.15) is 35.0 Å². The molecule has 1 saturated heterocycles. The number of halogens is 1. The number of β-lactam (4-membered cyclic amide) rings is 1. The minimum atomic E-state index is -0.926. The Labute approximate surface area is 370 Å². The van der Waals surface area contributed by atoms with Crippen molar-refractivity contribution in [1.82, 2.24) is 15.2 Å². The second kappa shape index (κ2) is 18.7. The van der Waals surface area contributed by atoms with Crippen LogP contribution >= 0.6 is 45.7 Å². The SMILES string of the molecule is CCON=C(C(=O)N[C@@H]1C(=O)N2C(C(=O)OC(c3ccccc3)c3ccccc3)=C(CI)CS[C@@H]12)c1csc(NC(c2ccccc2)(c2ccccc2)c2ccccc2)n1. The van der Waals surface area contributed by atoms with Crippen molar-refractivity contribution in [2.24, 2.45) is 5.16 Å². The summed E-state index contributed by atoms with van der Waals surface area (Å²) in [6, 6.07) is 48.6. The van der Waals surface area contributed by atoms with Crippen LogP contribution < -0.4 is 10.6 Å². The van der Waals surface area contributed by atoms with E-state index in [4.69, 9.17) is 14.6 Å². The molecule has 1 aromatic heterocycles. The Hall–Kier alpha value is -5.77. The Morgan fingerprint density at radius 1 is 0.833 bits per heavy atom. The van der Waals surface area contributed by atoms with E-state index in [1.54, 1.807) is 12.3 Å². The minimum absolute atomic E-state index is 0.0744. The molecule has 2 aliphatic heterocycles. The zero-order chi connectivity index (χ0) is 41.5. The Bertz CT molecular complexity index is 2370. The van der Waals surface area contributed by atoms with Crippen molar-refractivity contribution in [3.8, 4) is 0 Å². The zero-order valence-corrected chi connectivity index (χ0v) is 36.2. The summed E-state index contributed by atoms with van der Waals surface area (Å²) in [6.07, 6.45) is -0.684. The molecule has 2 amide bonds. The number of oxime groups is 1. The molecule has 1 fully saturated rings. The van der Waals surface area contributed by atoms with Gasteiger partial charge in [0.25, 0.3) is 11.8 Å². The van der Waals surface area contributed by atoms with Crippen LogP contribution in [0.1, 0.15) is 46.5 Å². The number of rotatable bonds is 15. The first-order chi connectivity index (χ1) is 29.4. The van der Waals surface area contributed by atoms with Gasteiger partial charge in [0.05, 0.1) is 0 Å². The van der Waals surface area contributed by atoms with Crippen molar-refractivity contribution >= 4 is 74.3 Å². The molecule has 10 nitrogen and oxygen atoms in total. The number of hydrogen-bond donors (Lipinski definition) is 2. The lowest BCUT2D eigenvalue weighted by Gasteiger charge is -2.49. The third-order valence-electron chi connectivity index (χ3n) is 10.3. The van der Waals surface area contributed by atoms with Gasteiger partial charge in [-0.2, -0.15) is 0 Å². The number of nitrogens with one attached hydrogen (secondary N) is 2. The van der Waals surface area contributed by atoms with Crippen LogP contribution in [-0.4, -0.2) is 61.6 Å². The van der Waals surface area contributed by atoms with Gasteiger partial charge in [0, 0.05) is 15.6 Å². The number of carbonyl (C=O) groups is 3. The van der Waals surface area contributed by atoms with Gasteiger partial charge in [0.15, 0.2) is 16.9 Å². The number of thioether (sulfide) groups is 1. The van der Waals surface area contributed by atoms with E-state index in [2.05, 4.69) is 74.8 Å². The number of benzene rings is 5. The minimum Gasteiger partial charge on any atom is -0.448 e. The van der Waals surface area contributed by atoms with Gasteiger partial charge in [-0.25, -0.2) is 9.78 Å². The van der Waals surface area contributed by atoms with Gasteiger partial charge < -0.3 is 20.2 Å². The van der Waals surface area contributed by atoms with Gasteiger partial charge in [-0.3, -0.25) is 14.5 Å². The number of hydrogen-bond acceptors (Lipinski definition) is 10. The highest BCUT2D eigenvalue weighted by Crippen LogP contribution is 2.43. The molecule has 60 heavy (non-hydrogen) atoms. The fourth-order valence-electron chi connectivity index (χ4n) is 7.45. The lowest BCUT2D eigenvalue weighted by Crippen LogP contribution is -2.71. The highest BCUT2D eigenvalue weighted by molar-refractivity contribution is 14.1. The van der Waals surface area contributed by atoms with E-state index in [0.717, 1.165) is 33.4 Å². The molecular weight excluding hydrogens is 906 g/mol. The molecule has 0 saturated carbocycles. The maximum absolute atomic E-state index is 14.2. The zero-order valence-electron chi connectivity index (χ0n) is 32.4. The molecule has 3 heterocycles. The molecule has 2 atom stereocenters. The van der Waals surface area contributed by atoms with Crippen molar-refractivity contribution in [3.05, 3.63) is 202 Å². The van der Waals surface area contributed by atoms with Crippen LogP contribution in [0.4, 0.5) is 5.13 Å². The molecule has 2 N–H and O–H groups in total. The Balaban J connectivity index is 1.04. The van der Waals surface area contributed by atoms with E-state index in [1.807, 2.05) is 115 Å². The number of ether oxygens (including phenoxy) is 1. The number of nitrogens with zero attached hydrogens (tertiary/aromatic N) is 3. The number of amides is 2. The smallest absolute Gasteiger partial charge is 0.356 e. The number of fused-ring (bicyclic) bond motifs is 1. The number of aromatic nitrogens is 1. The highest BCUT2D eigenvalue weighted by atomic mass is 127. The molecule has 6 aromatic rings. The van der Waals surface area contributed by atoms with E-state index < -0.39 is 40.8 Å². The summed E-state index contributed by atoms with van der Waals surface area (Å²) in [5, 5.41) is 12.6. The number of esters is 1. The van der Waals surface area contributed by atoms with Crippen LogP contribution in [0.15, 0.2) is 173 Å². The van der Waals surface area contributed by atoms with E-state index >= 15 is 0 Å². The third kappa shape index (κ3) is 8.21. The van der Waals surface area contributed by atoms with Crippen molar-refractivity contribution in [3.63, 3.8) is 0 Å². The molecule has 2 aliphatic rings. The fourth-order valence-corrected chi connectivity index (χ4v) is 10.5. The molecule has 5 aromatic carbocycles. The summed E-state index contributed by atoms with van der Waals surface area (Å²) in [6.45, 7) is 1.98. The molecule has 0 spiro atoms. The summed E-state index contributed by atoms with van der Waals surface area (Å²) in [7, 11) is 0. The molecule has 8 rings (SSSR count). The van der Waals surface area contributed by atoms with Gasteiger partial charge in [-0.1, -0.05) is 179 Å². The predicted molar refractivity (Wildman–Crippen MR) is 245 cm³/mol. The van der Waals surface area contributed by atoms with E-state index in [9.17, 15) is 14.4 Å². The normalized spacial score (nSPS) is 16.5. The number of thiazole rings is 1. The Morgan fingerprint density at radius 3 is 1.85 bits per heavy atom. The second-order valence-electron chi connectivity index (χ2n) is 13.9. The monoisotopic (exact) mass is 945 g/mol. The van der Waals surface area contributed by atoms with Crippen LogP contribution in [0, 0.1) is 0 Å². The van der Waals surface area contributed by atoms with Crippen LogP contribution in [0.5, 0.6) is 0 Å². The van der Waals surface area contributed by atoms with E-state index in [0.29, 0.717) is 15.3 Å². The Morgan fingerprint density at radius 2 is 1.35 bits per heavy atom. The Kier molecular flexibility index (Phi) is 12.7. The maximum Gasteiger partial charge on any atom is 0.356 e. The maximum atomic E-state index is 14.2. The molecule has 0 bridgehead atoms. The highest BCUT2D eigenvalue weighted by Gasteiger charge is 2.55. The van der Waals surface area contributed by atoms with Crippen LogP contribution in [0.2, 0.25) is 0 Å². The average molecular weight is 946 g/mol. The first kappa shape index (κ1) is 41.0. The standard InChI is InChI=1S/C47H40IN5O5S2/c1-2-57-52-38(37-30-60-46(49-37)51-47(34-22-12-5-13-23-34,35-24-14-6-15-25-35)36-26-16-7-17-27-36)42(54)50-39-43(55)53-40(33(28-48)29-59-44(39)53)45(56)58-41(31-18-8-3-9-19-31)32-20-10-4-11-21-32/h3-27,30,39,41,44H,2,28-29H2,1H3,(H,49,51)(H,50,54)/t39-,44+/m1/s1. The average Bonchev–Trinajstić information content (AvgIpc) is 3.77. The molecule has 0 aliphatic carbocycles. The quantitative estimate of drug-likeness (QED) is 0.0200. The first-order valence-corrected chi connectivity index (χ1v) is 22.8. The van der Waals surface area contributed by atoms with Crippen molar-refractivity contribution in [1.29, 1.82) is 0 Å². The summed E-state index contributed by atoms with van der Waals surface area (Å²) in [5.74, 6) is -1.15. The molecule has 13 heteroatoms. The van der Waals surface area contributed by atoms with Gasteiger partial charge in [-0.05, 0) is 40.3 Å². The molecular formula is C47H40IN5O5S2. The van der Waals surface area contributed by atoms with Crippen molar-refractivity contribution in [2.75, 3.05) is 22.1 Å². The van der Waals surface area contributed by atoms with Crippen molar-refractivity contribution in [2.45, 2.75) is 30.0 Å². The largest absolute Gasteiger partial charge is 0.448 e. The van der Waals surface area contributed by atoms with Gasteiger partial charge in [-0.15, -0.1) is 23.1 Å². The summed E-state index contributed by atoms with van der Waals surface area (Å²) in [4.78, 5) is 54.1. The number of carbonyl (C=O) groups excluding carboxylic acids is 3.